The number of benzene rings is 1. The Kier molecular flexibility index (Phi) is 4.97. The van der Waals surface area contributed by atoms with E-state index in [4.69, 9.17) is 5.11 Å². The molecule has 2 aromatic rings. The van der Waals surface area contributed by atoms with Gasteiger partial charge < -0.3 is 14.9 Å². The average Bonchev–Trinajstić information content (AvgIpc) is 2.68. The topological polar surface area (TPSA) is 90.8 Å². The van der Waals surface area contributed by atoms with Crippen LogP contribution in [0.2, 0.25) is 0 Å². The molecule has 2 amide bonds. The largest absolute Gasteiger partial charge is 0.477 e. The van der Waals surface area contributed by atoms with Gasteiger partial charge in [0.2, 0.25) is 5.91 Å². The number of carbonyl (C=O) groups excluding carboxylic acids is 2. The van der Waals surface area contributed by atoms with Crippen molar-refractivity contribution < 1.29 is 19.5 Å². The van der Waals surface area contributed by atoms with Gasteiger partial charge in [-0.3, -0.25) is 9.59 Å². The van der Waals surface area contributed by atoms with E-state index < -0.39 is 17.9 Å². The summed E-state index contributed by atoms with van der Waals surface area (Å²) in [6.45, 7) is 0.611. The summed E-state index contributed by atoms with van der Waals surface area (Å²) in [6, 6.07) is 11.4. The lowest BCUT2D eigenvalue weighted by molar-refractivity contribution is -0.124. The van der Waals surface area contributed by atoms with Crippen molar-refractivity contribution in [2.45, 2.75) is 18.9 Å². The summed E-state index contributed by atoms with van der Waals surface area (Å²) in [6.07, 6.45) is 2.63. The van der Waals surface area contributed by atoms with Crippen LogP contribution < -0.4 is 4.90 Å². The molecule has 7 nitrogen and oxygen atoms in total. The molecule has 134 valence electrons. The molecule has 1 aromatic heterocycles. The zero-order chi connectivity index (χ0) is 18.7. The molecule has 0 aliphatic carbocycles. The van der Waals surface area contributed by atoms with Gasteiger partial charge in [0.15, 0.2) is 0 Å². The normalized spacial score (nSPS) is 17.0. The van der Waals surface area contributed by atoms with Crippen LogP contribution in [0, 0.1) is 0 Å². The summed E-state index contributed by atoms with van der Waals surface area (Å²) < 4.78 is 0. The first-order valence-electron chi connectivity index (χ1n) is 8.32. The fraction of sp³-hybridized carbons (Fsp3) is 0.263. The maximum absolute atomic E-state index is 12.9. The Bertz CT molecular complexity index is 838. The Morgan fingerprint density at radius 1 is 1.23 bits per heavy atom. The van der Waals surface area contributed by atoms with E-state index in [0.717, 1.165) is 12.1 Å². The Labute approximate surface area is 150 Å². The summed E-state index contributed by atoms with van der Waals surface area (Å²) in [5.74, 6) is -1.74. The molecule has 2 heterocycles. The van der Waals surface area contributed by atoms with Crippen molar-refractivity contribution in [1.29, 1.82) is 0 Å². The van der Waals surface area contributed by atoms with Gasteiger partial charge in [0.1, 0.15) is 11.7 Å². The predicted octanol–water partition coefficient (Wildman–Crippen LogP) is 2.05. The lowest BCUT2D eigenvalue weighted by Crippen LogP contribution is -2.53. The van der Waals surface area contributed by atoms with Gasteiger partial charge in [-0.15, -0.1) is 0 Å². The maximum Gasteiger partial charge on any atom is 0.354 e. The van der Waals surface area contributed by atoms with Gasteiger partial charge in [-0.25, -0.2) is 9.78 Å². The fourth-order valence-corrected chi connectivity index (χ4v) is 3.11. The number of carboxylic acid groups (broad SMARTS) is 1. The smallest absolute Gasteiger partial charge is 0.354 e. The standard InChI is InChI=1S/C19H19N3O4/c1-21(17(23)13-9-10-20-15(12-13)19(25)26)16-8-5-11-22(18(16)24)14-6-3-2-4-7-14/h2-4,6-7,9-10,12,16H,5,8,11H2,1H3,(H,25,26). The number of nitrogens with zero attached hydrogens (tertiary/aromatic N) is 3. The number of aromatic nitrogens is 1. The van der Waals surface area contributed by atoms with Crippen LogP contribution in [0.25, 0.3) is 0 Å². The third kappa shape index (κ3) is 3.42. The molecule has 1 aliphatic rings. The van der Waals surface area contributed by atoms with E-state index in [9.17, 15) is 14.4 Å². The number of para-hydroxylation sites is 1. The van der Waals surface area contributed by atoms with Crippen LogP contribution in [0.4, 0.5) is 5.69 Å². The number of aromatic carboxylic acids is 1. The summed E-state index contributed by atoms with van der Waals surface area (Å²) in [7, 11) is 1.57. The molecule has 0 saturated carbocycles. The van der Waals surface area contributed by atoms with E-state index >= 15 is 0 Å². The van der Waals surface area contributed by atoms with E-state index in [2.05, 4.69) is 4.98 Å². The van der Waals surface area contributed by atoms with Gasteiger partial charge in [0.25, 0.3) is 5.91 Å². The molecular weight excluding hydrogens is 334 g/mol. The minimum absolute atomic E-state index is 0.134. The Morgan fingerprint density at radius 2 is 1.96 bits per heavy atom. The lowest BCUT2D eigenvalue weighted by atomic mass is 10.0. The second kappa shape index (κ2) is 7.35. The highest BCUT2D eigenvalue weighted by molar-refractivity contribution is 6.03. The molecule has 1 atom stereocenters. The number of likely N-dealkylation sites (N-methyl/N-ethyl adjacent to an activating group) is 1. The van der Waals surface area contributed by atoms with Crippen molar-refractivity contribution in [1.82, 2.24) is 9.88 Å². The highest BCUT2D eigenvalue weighted by Crippen LogP contribution is 2.24. The number of piperidine rings is 1. The van der Waals surface area contributed by atoms with Crippen LogP contribution in [0.1, 0.15) is 33.7 Å². The number of pyridine rings is 1. The fourth-order valence-electron chi connectivity index (χ4n) is 3.11. The third-order valence-corrected chi connectivity index (χ3v) is 4.49. The number of anilines is 1. The van der Waals surface area contributed by atoms with E-state index in [1.54, 1.807) is 11.9 Å². The zero-order valence-electron chi connectivity index (χ0n) is 14.3. The molecule has 1 saturated heterocycles. The van der Waals surface area contributed by atoms with E-state index in [-0.39, 0.29) is 17.2 Å². The van der Waals surface area contributed by atoms with Gasteiger partial charge in [0.05, 0.1) is 0 Å². The first-order chi connectivity index (χ1) is 12.5. The Hall–Kier alpha value is -3.22. The van der Waals surface area contributed by atoms with E-state index in [1.807, 2.05) is 30.3 Å². The maximum atomic E-state index is 12.9. The first-order valence-corrected chi connectivity index (χ1v) is 8.32. The monoisotopic (exact) mass is 353 g/mol. The second-order valence-corrected chi connectivity index (χ2v) is 6.13. The first kappa shape index (κ1) is 17.6. The van der Waals surface area contributed by atoms with Gasteiger partial charge in [0, 0.05) is 31.0 Å². The average molecular weight is 353 g/mol. The lowest BCUT2D eigenvalue weighted by Gasteiger charge is -2.36. The van der Waals surface area contributed by atoms with E-state index in [0.29, 0.717) is 13.0 Å². The van der Waals surface area contributed by atoms with Crippen LogP contribution in [-0.2, 0) is 4.79 Å². The SMILES string of the molecule is CN(C(=O)c1ccnc(C(=O)O)c1)C1CCCN(c2ccccc2)C1=O. The zero-order valence-corrected chi connectivity index (χ0v) is 14.3. The highest BCUT2D eigenvalue weighted by atomic mass is 16.4. The summed E-state index contributed by atoms with van der Waals surface area (Å²) in [4.78, 5) is 43.5. The molecule has 7 heteroatoms. The van der Waals surface area contributed by atoms with Crippen molar-refractivity contribution in [2.24, 2.45) is 0 Å². The summed E-state index contributed by atoms with van der Waals surface area (Å²) in [5.41, 5.74) is 0.801. The third-order valence-electron chi connectivity index (χ3n) is 4.49. The Morgan fingerprint density at radius 3 is 2.65 bits per heavy atom. The van der Waals surface area contributed by atoms with Gasteiger partial charge in [-0.1, -0.05) is 18.2 Å². The quantitative estimate of drug-likeness (QED) is 0.908. The molecule has 3 rings (SSSR count). The summed E-state index contributed by atoms with van der Waals surface area (Å²) in [5, 5.41) is 9.03. The van der Waals surface area contributed by atoms with Crippen LogP contribution in [0.15, 0.2) is 48.7 Å². The van der Waals surface area contributed by atoms with Crippen molar-refractivity contribution in [3.63, 3.8) is 0 Å². The molecule has 26 heavy (non-hydrogen) atoms. The molecular formula is C19H19N3O4. The number of rotatable bonds is 4. The molecule has 0 radical (unpaired) electrons. The molecule has 1 unspecified atom stereocenters. The van der Waals surface area contributed by atoms with Crippen molar-refractivity contribution >= 4 is 23.5 Å². The highest BCUT2D eigenvalue weighted by Gasteiger charge is 2.34. The summed E-state index contributed by atoms with van der Waals surface area (Å²) >= 11 is 0. The predicted molar refractivity (Wildman–Crippen MR) is 95.1 cm³/mol. The van der Waals surface area contributed by atoms with Crippen LogP contribution in [-0.4, -0.2) is 52.4 Å². The molecule has 1 fully saturated rings. The number of hydrogen-bond acceptors (Lipinski definition) is 4. The molecule has 0 spiro atoms. The van der Waals surface area contributed by atoms with E-state index in [1.165, 1.54) is 23.2 Å². The van der Waals surface area contributed by atoms with Crippen LogP contribution in [0.3, 0.4) is 0 Å². The Balaban J connectivity index is 1.81. The van der Waals surface area contributed by atoms with Crippen molar-refractivity contribution in [2.75, 3.05) is 18.5 Å². The number of amides is 2. The van der Waals surface area contributed by atoms with Crippen LogP contribution >= 0.6 is 0 Å². The van der Waals surface area contributed by atoms with Gasteiger partial charge in [-0.2, -0.15) is 0 Å². The van der Waals surface area contributed by atoms with Crippen LogP contribution in [0.5, 0.6) is 0 Å². The minimum Gasteiger partial charge on any atom is -0.477 e. The molecule has 1 aliphatic heterocycles. The number of carbonyl (C=O) groups is 3. The van der Waals surface area contributed by atoms with Gasteiger partial charge >= 0.3 is 5.97 Å². The second-order valence-electron chi connectivity index (χ2n) is 6.13. The molecule has 1 N–H and O–H groups in total. The van der Waals surface area contributed by atoms with Crippen molar-refractivity contribution in [3.05, 3.63) is 59.9 Å². The van der Waals surface area contributed by atoms with Crippen molar-refractivity contribution in [3.8, 4) is 0 Å². The number of carboxylic acids is 1. The molecule has 0 bridgehead atoms. The minimum atomic E-state index is -1.20. The number of hydrogen-bond donors (Lipinski definition) is 1. The molecule has 1 aromatic carbocycles. The van der Waals surface area contributed by atoms with Gasteiger partial charge in [-0.05, 0) is 37.1 Å².